The maximum absolute atomic E-state index is 4.76. The summed E-state index contributed by atoms with van der Waals surface area (Å²) in [5, 5.41) is 3.37. The third-order valence-corrected chi connectivity index (χ3v) is 3.54. The van der Waals surface area contributed by atoms with Crippen molar-refractivity contribution in [2.75, 3.05) is 33.2 Å². The number of hydrogen-bond acceptors (Lipinski definition) is 2. The van der Waals surface area contributed by atoms with Crippen LogP contribution in [0.15, 0.2) is 17.6 Å². The van der Waals surface area contributed by atoms with Crippen molar-refractivity contribution in [3.8, 4) is 0 Å². The lowest BCUT2D eigenvalue weighted by Crippen LogP contribution is -2.41. The minimum absolute atomic E-state index is 0.563. The van der Waals surface area contributed by atoms with Crippen LogP contribution in [0.5, 0.6) is 0 Å². The molecular formula is C17H36N4. The van der Waals surface area contributed by atoms with Crippen molar-refractivity contribution < 1.29 is 0 Å². The van der Waals surface area contributed by atoms with Crippen LogP contribution >= 0.6 is 0 Å². The van der Waals surface area contributed by atoms with Gasteiger partial charge in [-0.15, -0.1) is 6.58 Å². The van der Waals surface area contributed by atoms with Crippen LogP contribution in [0.2, 0.25) is 0 Å². The summed E-state index contributed by atoms with van der Waals surface area (Å²) in [5.74, 6) is 1.01. The standard InChI is InChI=1S/C17H36N4/c1-8-10-11-13-20(7)17(18-9-2)19-12-14-21(15(3)4)16(5)6/h8,15-16H,1,9-14H2,2-7H3,(H,18,19). The van der Waals surface area contributed by atoms with Gasteiger partial charge < -0.3 is 10.2 Å². The van der Waals surface area contributed by atoms with E-state index >= 15 is 0 Å². The van der Waals surface area contributed by atoms with Crippen LogP contribution in [-0.4, -0.2) is 61.1 Å². The van der Waals surface area contributed by atoms with Crippen molar-refractivity contribution in [3.05, 3.63) is 12.7 Å². The van der Waals surface area contributed by atoms with Crippen molar-refractivity contribution in [1.82, 2.24) is 15.1 Å². The molecule has 0 fully saturated rings. The Bertz CT molecular complexity index is 289. The first-order valence-corrected chi connectivity index (χ1v) is 8.30. The highest BCUT2D eigenvalue weighted by molar-refractivity contribution is 5.79. The number of guanidine groups is 1. The van der Waals surface area contributed by atoms with E-state index < -0.39 is 0 Å². The van der Waals surface area contributed by atoms with E-state index in [-0.39, 0.29) is 0 Å². The van der Waals surface area contributed by atoms with Crippen LogP contribution < -0.4 is 5.32 Å². The fourth-order valence-electron chi connectivity index (χ4n) is 2.43. The third-order valence-electron chi connectivity index (χ3n) is 3.54. The summed E-state index contributed by atoms with van der Waals surface area (Å²) in [6.07, 6.45) is 4.15. The maximum Gasteiger partial charge on any atom is 0.193 e. The second-order valence-corrected chi connectivity index (χ2v) is 6.01. The highest BCUT2D eigenvalue weighted by atomic mass is 15.3. The summed E-state index contributed by atoms with van der Waals surface area (Å²) in [4.78, 5) is 9.45. The van der Waals surface area contributed by atoms with Gasteiger partial charge in [0.25, 0.3) is 0 Å². The molecule has 0 rings (SSSR count). The molecule has 0 aliphatic carbocycles. The Hall–Kier alpha value is -1.03. The van der Waals surface area contributed by atoms with Gasteiger partial charge in [-0.2, -0.15) is 0 Å². The number of allylic oxidation sites excluding steroid dienone is 1. The van der Waals surface area contributed by atoms with E-state index in [2.05, 4.69) is 63.4 Å². The number of aliphatic imine (C=N–C) groups is 1. The molecule has 0 saturated carbocycles. The molecule has 0 amide bonds. The summed E-state index contributed by atoms with van der Waals surface area (Å²) in [6, 6.07) is 1.13. The lowest BCUT2D eigenvalue weighted by Gasteiger charge is -2.30. The molecule has 0 aliphatic heterocycles. The molecule has 1 N–H and O–H groups in total. The highest BCUT2D eigenvalue weighted by Crippen LogP contribution is 2.04. The quantitative estimate of drug-likeness (QED) is 0.291. The van der Waals surface area contributed by atoms with Gasteiger partial charge in [-0.1, -0.05) is 6.08 Å². The molecule has 4 nitrogen and oxygen atoms in total. The molecule has 0 heterocycles. The second-order valence-electron chi connectivity index (χ2n) is 6.01. The average Bonchev–Trinajstić information content (AvgIpc) is 2.41. The Kier molecular flexibility index (Phi) is 11.0. The molecule has 0 radical (unpaired) electrons. The molecule has 0 aromatic carbocycles. The van der Waals surface area contributed by atoms with Gasteiger partial charge in [-0.05, 0) is 47.5 Å². The van der Waals surface area contributed by atoms with Crippen LogP contribution in [-0.2, 0) is 0 Å². The molecule has 0 bridgehead atoms. The van der Waals surface area contributed by atoms with Gasteiger partial charge in [-0.3, -0.25) is 9.89 Å². The maximum atomic E-state index is 4.76. The molecule has 0 spiro atoms. The molecule has 0 saturated heterocycles. The molecule has 0 atom stereocenters. The largest absolute Gasteiger partial charge is 0.357 e. The van der Waals surface area contributed by atoms with E-state index in [0.29, 0.717) is 12.1 Å². The molecule has 0 aromatic rings. The van der Waals surface area contributed by atoms with Crippen LogP contribution in [0.1, 0.15) is 47.5 Å². The van der Waals surface area contributed by atoms with Gasteiger partial charge in [0.1, 0.15) is 0 Å². The fraction of sp³-hybridized carbons (Fsp3) is 0.824. The number of nitrogens with zero attached hydrogens (tertiary/aromatic N) is 3. The number of nitrogens with one attached hydrogen (secondary N) is 1. The van der Waals surface area contributed by atoms with Gasteiger partial charge >= 0.3 is 0 Å². The third kappa shape index (κ3) is 8.76. The average molecular weight is 297 g/mol. The topological polar surface area (TPSA) is 30.9 Å². The van der Waals surface area contributed by atoms with Gasteiger partial charge in [0, 0.05) is 38.8 Å². The minimum Gasteiger partial charge on any atom is -0.357 e. The van der Waals surface area contributed by atoms with Crippen LogP contribution in [0, 0.1) is 0 Å². The molecular weight excluding hydrogens is 260 g/mol. The van der Waals surface area contributed by atoms with E-state index in [0.717, 1.165) is 45.0 Å². The molecule has 124 valence electrons. The van der Waals surface area contributed by atoms with Crippen LogP contribution in [0.3, 0.4) is 0 Å². The minimum atomic E-state index is 0.563. The number of rotatable bonds is 10. The lowest BCUT2D eigenvalue weighted by molar-refractivity contribution is 0.180. The summed E-state index contributed by atoms with van der Waals surface area (Å²) in [5.41, 5.74) is 0. The van der Waals surface area contributed by atoms with E-state index in [1.54, 1.807) is 0 Å². The predicted molar refractivity (Wildman–Crippen MR) is 95.0 cm³/mol. The van der Waals surface area contributed by atoms with Gasteiger partial charge in [0.05, 0.1) is 6.54 Å². The monoisotopic (exact) mass is 296 g/mol. The zero-order valence-corrected chi connectivity index (χ0v) is 15.0. The van der Waals surface area contributed by atoms with Crippen molar-refractivity contribution in [2.45, 2.75) is 59.5 Å². The molecule has 4 heteroatoms. The smallest absolute Gasteiger partial charge is 0.193 e. The van der Waals surface area contributed by atoms with Crippen molar-refractivity contribution in [1.29, 1.82) is 0 Å². The second kappa shape index (κ2) is 11.6. The Morgan fingerprint density at radius 1 is 1.19 bits per heavy atom. The lowest BCUT2D eigenvalue weighted by atomic mass is 10.2. The highest BCUT2D eigenvalue weighted by Gasteiger charge is 2.12. The molecule has 0 unspecified atom stereocenters. The van der Waals surface area contributed by atoms with Crippen LogP contribution in [0.4, 0.5) is 0 Å². The van der Waals surface area contributed by atoms with E-state index in [9.17, 15) is 0 Å². The van der Waals surface area contributed by atoms with Gasteiger partial charge in [-0.25, -0.2) is 0 Å². The van der Waals surface area contributed by atoms with Gasteiger partial charge in [0.2, 0.25) is 0 Å². The molecule has 21 heavy (non-hydrogen) atoms. The SMILES string of the molecule is C=CCCCN(C)C(=NCCN(C(C)C)C(C)C)NCC. The van der Waals surface area contributed by atoms with E-state index in [1.165, 1.54) is 0 Å². The molecule has 0 aromatic heterocycles. The Labute approximate surface area is 132 Å². The Morgan fingerprint density at radius 2 is 1.81 bits per heavy atom. The fourth-order valence-corrected chi connectivity index (χ4v) is 2.43. The van der Waals surface area contributed by atoms with Crippen molar-refractivity contribution in [2.24, 2.45) is 4.99 Å². The predicted octanol–water partition coefficient (Wildman–Crippen LogP) is 2.97. The first kappa shape index (κ1) is 20.0. The van der Waals surface area contributed by atoms with Crippen molar-refractivity contribution >= 4 is 5.96 Å². The van der Waals surface area contributed by atoms with E-state index in [1.807, 2.05) is 6.08 Å². The number of hydrogen-bond donors (Lipinski definition) is 1. The van der Waals surface area contributed by atoms with Gasteiger partial charge in [0.15, 0.2) is 5.96 Å². The summed E-state index contributed by atoms with van der Waals surface area (Å²) in [6.45, 7) is 18.6. The summed E-state index contributed by atoms with van der Waals surface area (Å²) in [7, 11) is 2.10. The zero-order valence-electron chi connectivity index (χ0n) is 15.0. The zero-order chi connectivity index (χ0) is 16.3. The Morgan fingerprint density at radius 3 is 2.29 bits per heavy atom. The van der Waals surface area contributed by atoms with Crippen LogP contribution in [0.25, 0.3) is 0 Å². The van der Waals surface area contributed by atoms with Crippen molar-refractivity contribution in [3.63, 3.8) is 0 Å². The normalized spacial score (nSPS) is 12.3. The summed E-state index contributed by atoms with van der Waals surface area (Å²) >= 11 is 0. The Balaban J connectivity index is 4.46. The molecule has 0 aliphatic rings. The first-order chi connectivity index (χ1) is 9.93. The number of unbranched alkanes of at least 4 members (excludes halogenated alkanes) is 1. The summed E-state index contributed by atoms with van der Waals surface area (Å²) < 4.78 is 0. The van der Waals surface area contributed by atoms with E-state index in [4.69, 9.17) is 4.99 Å². The first-order valence-electron chi connectivity index (χ1n) is 8.30.